The van der Waals surface area contributed by atoms with Gasteiger partial charge in [0.15, 0.2) is 0 Å². The summed E-state index contributed by atoms with van der Waals surface area (Å²) in [7, 11) is 0. The lowest BCUT2D eigenvalue weighted by atomic mass is 9.95. The number of anilines is 1. The Balaban J connectivity index is 1.72. The van der Waals surface area contributed by atoms with Gasteiger partial charge in [0.25, 0.3) is 0 Å². The molecule has 0 saturated carbocycles. The van der Waals surface area contributed by atoms with Gasteiger partial charge < -0.3 is 11.1 Å². The second kappa shape index (κ2) is 11.6. The summed E-state index contributed by atoms with van der Waals surface area (Å²) in [5, 5.41) is 7.23. The van der Waals surface area contributed by atoms with Gasteiger partial charge in [0, 0.05) is 42.7 Å². The average molecular weight is 544 g/mol. The Morgan fingerprint density at radius 1 is 1.00 bits per heavy atom. The van der Waals surface area contributed by atoms with E-state index in [1.165, 1.54) is 5.56 Å². The van der Waals surface area contributed by atoms with E-state index in [-0.39, 0.29) is 17.3 Å². The molecule has 1 atom stereocenters. The van der Waals surface area contributed by atoms with Crippen LogP contribution in [-0.2, 0) is 25.8 Å². The van der Waals surface area contributed by atoms with Crippen LogP contribution in [0.2, 0.25) is 0 Å². The molecule has 4 aromatic rings. The lowest BCUT2D eigenvalue weighted by Crippen LogP contribution is -2.34. The fourth-order valence-electron chi connectivity index (χ4n) is 5.92. The zero-order valence-corrected chi connectivity index (χ0v) is 23.2. The highest BCUT2D eigenvalue weighted by atomic mass is 19.1. The number of nitrogens with zero attached hydrogens (tertiary/aromatic N) is 3. The minimum Gasteiger partial charge on any atom is -0.351 e. The molecule has 0 bridgehead atoms. The molecule has 1 aromatic heterocycles. The molecular weight excluding hydrogens is 508 g/mol. The van der Waals surface area contributed by atoms with Gasteiger partial charge in [-0.2, -0.15) is 5.10 Å². The monoisotopic (exact) mass is 543 g/mol. The Hall–Kier alpha value is -4.04. The molecule has 8 heteroatoms. The normalized spacial score (nSPS) is 14.1. The van der Waals surface area contributed by atoms with Crippen molar-refractivity contribution in [2.75, 3.05) is 11.9 Å². The van der Waals surface area contributed by atoms with Crippen molar-refractivity contribution in [2.45, 2.75) is 59.0 Å². The molecule has 3 N–H and O–H groups in total. The third kappa shape index (κ3) is 5.11. The number of hydrogen-bond acceptors (Lipinski definition) is 3. The first-order valence-corrected chi connectivity index (χ1v) is 13.9. The van der Waals surface area contributed by atoms with Crippen LogP contribution in [0.15, 0.2) is 60.7 Å². The zero-order valence-electron chi connectivity index (χ0n) is 23.2. The number of benzene rings is 3. The fraction of sp³-hybridized carbons (Fsp3) is 0.312. The standard InChI is InChI=1S/C32H35F2N5O/c1-4-20-13-10-14-21(5-2)30(20)39-31(23-17-26(34)28(18-25(23)33)36-32(35)40)24-19-38(16-15-27(24)37-39)29(6-3)22-11-8-7-9-12-22/h7-14,17-18,29H,4-6,15-16,19H2,1-3H3,(H3,35,36,40)/t29-/m0/s1. The predicted molar refractivity (Wildman–Crippen MR) is 154 cm³/mol. The molecule has 208 valence electrons. The van der Waals surface area contributed by atoms with Crippen LogP contribution in [-0.4, -0.2) is 27.3 Å². The van der Waals surface area contributed by atoms with Gasteiger partial charge in [-0.15, -0.1) is 0 Å². The van der Waals surface area contributed by atoms with Crippen LogP contribution in [0.1, 0.15) is 61.2 Å². The van der Waals surface area contributed by atoms with Crippen LogP contribution < -0.4 is 11.1 Å². The number of amides is 2. The highest BCUT2D eigenvalue weighted by molar-refractivity contribution is 5.88. The first-order chi connectivity index (χ1) is 19.4. The van der Waals surface area contributed by atoms with Crippen LogP contribution in [0, 0.1) is 11.6 Å². The van der Waals surface area contributed by atoms with E-state index < -0.39 is 17.7 Å². The van der Waals surface area contributed by atoms with E-state index >= 15 is 8.78 Å². The average Bonchev–Trinajstić information content (AvgIpc) is 3.33. The Kier molecular flexibility index (Phi) is 7.98. The zero-order chi connectivity index (χ0) is 28.4. The van der Waals surface area contributed by atoms with Crippen molar-refractivity contribution < 1.29 is 13.6 Å². The van der Waals surface area contributed by atoms with Crippen LogP contribution in [0.4, 0.5) is 19.3 Å². The van der Waals surface area contributed by atoms with E-state index in [0.29, 0.717) is 18.7 Å². The molecular formula is C32H35F2N5O. The molecule has 1 aliphatic rings. The molecule has 3 aromatic carbocycles. The topological polar surface area (TPSA) is 76.2 Å². The van der Waals surface area contributed by atoms with Crippen molar-refractivity contribution in [1.82, 2.24) is 14.7 Å². The number of carbonyl (C=O) groups is 1. The fourth-order valence-corrected chi connectivity index (χ4v) is 5.92. The van der Waals surface area contributed by atoms with Crippen molar-refractivity contribution in [3.8, 4) is 16.9 Å². The van der Waals surface area contributed by atoms with E-state index in [9.17, 15) is 4.79 Å². The number of nitrogens with one attached hydrogen (secondary N) is 1. The molecule has 0 radical (unpaired) electrons. The molecule has 5 rings (SSSR count). The van der Waals surface area contributed by atoms with Gasteiger partial charge in [0.05, 0.1) is 22.8 Å². The summed E-state index contributed by atoms with van der Waals surface area (Å²) in [5.41, 5.74) is 11.6. The SMILES string of the molecule is CCc1cccc(CC)c1-n1nc2c(c1-c1cc(F)c(NC(N)=O)cc1F)CN([C@@H](CC)c1ccccc1)CC2. The third-order valence-corrected chi connectivity index (χ3v) is 7.82. The van der Waals surface area contributed by atoms with E-state index in [1.54, 1.807) is 0 Å². The summed E-state index contributed by atoms with van der Waals surface area (Å²) in [5.74, 6) is -1.42. The van der Waals surface area contributed by atoms with Crippen molar-refractivity contribution in [2.24, 2.45) is 5.73 Å². The minimum atomic E-state index is -0.958. The quantitative estimate of drug-likeness (QED) is 0.253. The van der Waals surface area contributed by atoms with E-state index in [4.69, 9.17) is 10.8 Å². The van der Waals surface area contributed by atoms with Crippen molar-refractivity contribution in [3.05, 3.63) is 100 Å². The van der Waals surface area contributed by atoms with Gasteiger partial charge in [0.1, 0.15) is 11.6 Å². The molecule has 2 heterocycles. The number of carbonyl (C=O) groups excluding carboxylic acids is 1. The molecule has 2 amide bonds. The number of urea groups is 1. The molecule has 0 aliphatic carbocycles. The number of para-hydroxylation sites is 1. The number of rotatable bonds is 8. The summed E-state index contributed by atoms with van der Waals surface area (Å²) in [6.45, 7) is 7.70. The van der Waals surface area contributed by atoms with Gasteiger partial charge in [-0.3, -0.25) is 4.90 Å². The first kappa shape index (κ1) is 27.5. The Bertz CT molecular complexity index is 1510. The van der Waals surface area contributed by atoms with Gasteiger partial charge in [0.2, 0.25) is 0 Å². The highest BCUT2D eigenvalue weighted by Crippen LogP contribution is 2.39. The molecule has 6 nitrogen and oxygen atoms in total. The summed E-state index contributed by atoms with van der Waals surface area (Å²) in [6, 6.07) is 17.9. The number of primary amides is 1. The van der Waals surface area contributed by atoms with Crippen molar-refractivity contribution in [3.63, 3.8) is 0 Å². The summed E-state index contributed by atoms with van der Waals surface area (Å²) in [4.78, 5) is 13.8. The van der Waals surface area contributed by atoms with E-state index in [1.807, 2.05) is 28.9 Å². The smallest absolute Gasteiger partial charge is 0.316 e. The number of fused-ring (bicyclic) bond motifs is 1. The number of hydrogen-bond donors (Lipinski definition) is 2. The van der Waals surface area contributed by atoms with Crippen LogP contribution in [0.25, 0.3) is 16.9 Å². The van der Waals surface area contributed by atoms with Crippen LogP contribution >= 0.6 is 0 Å². The number of aromatic nitrogens is 2. The molecule has 0 saturated heterocycles. The summed E-state index contributed by atoms with van der Waals surface area (Å²) >= 11 is 0. The van der Waals surface area contributed by atoms with E-state index in [2.05, 4.69) is 55.3 Å². The molecule has 0 unspecified atom stereocenters. The van der Waals surface area contributed by atoms with Crippen molar-refractivity contribution in [1.29, 1.82) is 0 Å². The second-order valence-corrected chi connectivity index (χ2v) is 10.2. The van der Waals surface area contributed by atoms with Gasteiger partial charge in [-0.25, -0.2) is 18.3 Å². The minimum absolute atomic E-state index is 0.101. The van der Waals surface area contributed by atoms with Gasteiger partial charge in [-0.05, 0) is 42.0 Å². The molecule has 0 fully saturated rings. The first-order valence-electron chi connectivity index (χ1n) is 13.9. The summed E-state index contributed by atoms with van der Waals surface area (Å²) in [6.07, 6.45) is 3.14. The lowest BCUT2D eigenvalue weighted by molar-refractivity contribution is 0.174. The maximum atomic E-state index is 15.8. The Morgan fingerprint density at radius 2 is 1.70 bits per heavy atom. The Morgan fingerprint density at radius 3 is 2.33 bits per heavy atom. The number of nitrogens with two attached hydrogens (primary N) is 1. The predicted octanol–water partition coefficient (Wildman–Crippen LogP) is 6.94. The highest BCUT2D eigenvalue weighted by Gasteiger charge is 2.32. The van der Waals surface area contributed by atoms with Crippen LogP contribution in [0.3, 0.4) is 0 Å². The number of aryl methyl sites for hydroxylation is 2. The molecule has 1 aliphatic heterocycles. The Labute approximate surface area is 233 Å². The summed E-state index contributed by atoms with van der Waals surface area (Å²) < 4.78 is 32.9. The maximum absolute atomic E-state index is 15.8. The van der Waals surface area contributed by atoms with E-state index in [0.717, 1.165) is 66.0 Å². The van der Waals surface area contributed by atoms with Crippen LogP contribution in [0.5, 0.6) is 0 Å². The third-order valence-electron chi connectivity index (χ3n) is 7.82. The second-order valence-electron chi connectivity index (χ2n) is 10.2. The largest absolute Gasteiger partial charge is 0.351 e. The number of halogens is 2. The lowest BCUT2D eigenvalue weighted by Gasteiger charge is -2.34. The van der Waals surface area contributed by atoms with Gasteiger partial charge >= 0.3 is 6.03 Å². The molecule has 40 heavy (non-hydrogen) atoms. The van der Waals surface area contributed by atoms with Crippen molar-refractivity contribution >= 4 is 11.7 Å². The maximum Gasteiger partial charge on any atom is 0.316 e. The van der Waals surface area contributed by atoms with Gasteiger partial charge in [-0.1, -0.05) is 69.3 Å². The molecule has 0 spiro atoms.